The number of carbonyl (C=O) groups excluding carboxylic acids is 1. The van der Waals surface area contributed by atoms with Gasteiger partial charge in [0, 0.05) is 23.3 Å². The molecule has 0 aromatic heterocycles. The average molecular weight is 260 g/mol. The quantitative estimate of drug-likeness (QED) is 0.769. The van der Waals surface area contributed by atoms with Crippen LogP contribution in [-0.4, -0.2) is 13.3 Å². The molecule has 2 rings (SSSR count). The van der Waals surface area contributed by atoms with E-state index >= 15 is 0 Å². The van der Waals surface area contributed by atoms with Crippen molar-refractivity contribution in [3.05, 3.63) is 58.6 Å². The van der Waals surface area contributed by atoms with E-state index in [-0.39, 0.29) is 0 Å². The molecular weight excluding hydrogens is 246 g/mol. The summed E-state index contributed by atoms with van der Waals surface area (Å²) < 4.78 is 0. The number of carbonyl (C=O) groups is 1. The zero-order chi connectivity index (χ0) is 13.1. The first kappa shape index (κ1) is 12.7. The van der Waals surface area contributed by atoms with Crippen LogP contribution in [0.15, 0.2) is 42.5 Å². The van der Waals surface area contributed by atoms with Crippen molar-refractivity contribution in [2.75, 3.05) is 11.9 Å². The Bertz CT molecular complexity index is 580. The lowest BCUT2D eigenvalue weighted by Crippen LogP contribution is -2.11. The van der Waals surface area contributed by atoms with E-state index in [2.05, 4.69) is 6.07 Å². The number of anilines is 2. The molecule has 2 aromatic carbocycles. The Kier molecular flexibility index (Phi) is 3.68. The number of aldehydes is 1. The first-order valence-electron chi connectivity index (χ1n) is 5.67. The standard InChI is InChI=1S/C15H14ClNO/c1-11-4-3-5-14(8-11)17(2)15-9-13(16)7-6-12(15)10-18/h3-10H,1-2H3. The fraction of sp³-hybridized carbons (Fsp3) is 0.133. The number of nitrogens with zero attached hydrogens (tertiary/aromatic N) is 1. The van der Waals surface area contributed by atoms with E-state index in [1.807, 2.05) is 37.1 Å². The molecule has 0 fully saturated rings. The highest BCUT2D eigenvalue weighted by atomic mass is 35.5. The molecule has 0 aliphatic carbocycles. The predicted molar refractivity (Wildman–Crippen MR) is 76.1 cm³/mol. The van der Waals surface area contributed by atoms with Gasteiger partial charge in [-0.05, 0) is 42.8 Å². The number of aryl methyl sites for hydroxylation is 1. The molecule has 0 saturated heterocycles. The highest BCUT2D eigenvalue weighted by molar-refractivity contribution is 6.31. The molecule has 0 radical (unpaired) electrons. The van der Waals surface area contributed by atoms with Gasteiger partial charge in [-0.1, -0.05) is 23.7 Å². The molecule has 0 aliphatic rings. The lowest BCUT2D eigenvalue weighted by molar-refractivity contribution is 0.112. The first-order chi connectivity index (χ1) is 8.61. The molecule has 0 spiro atoms. The van der Waals surface area contributed by atoms with Crippen LogP contribution in [0.1, 0.15) is 15.9 Å². The second-order valence-electron chi connectivity index (χ2n) is 4.22. The Balaban J connectivity index is 2.48. The summed E-state index contributed by atoms with van der Waals surface area (Å²) in [4.78, 5) is 13.0. The van der Waals surface area contributed by atoms with Gasteiger partial charge in [-0.15, -0.1) is 0 Å². The molecule has 0 saturated carbocycles. The third-order valence-electron chi connectivity index (χ3n) is 2.87. The van der Waals surface area contributed by atoms with E-state index in [1.54, 1.807) is 18.2 Å². The maximum atomic E-state index is 11.1. The second kappa shape index (κ2) is 5.23. The molecular formula is C15H14ClNO. The summed E-state index contributed by atoms with van der Waals surface area (Å²) in [5.74, 6) is 0. The first-order valence-corrected chi connectivity index (χ1v) is 6.05. The molecule has 0 unspecified atom stereocenters. The number of hydrogen-bond acceptors (Lipinski definition) is 2. The number of halogens is 1. The molecule has 92 valence electrons. The molecule has 2 aromatic rings. The lowest BCUT2D eigenvalue weighted by atomic mass is 10.1. The van der Waals surface area contributed by atoms with Crippen LogP contribution < -0.4 is 4.90 Å². The highest BCUT2D eigenvalue weighted by Gasteiger charge is 2.09. The van der Waals surface area contributed by atoms with Crippen LogP contribution in [0, 0.1) is 6.92 Å². The van der Waals surface area contributed by atoms with Crippen molar-refractivity contribution in [2.45, 2.75) is 6.92 Å². The number of hydrogen-bond donors (Lipinski definition) is 0. The van der Waals surface area contributed by atoms with E-state index < -0.39 is 0 Å². The van der Waals surface area contributed by atoms with Crippen LogP contribution in [-0.2, 0) is 0 Å². The van der Waals surface area contributed by atoms with Crippen LogP contribution in [0.25, 0.3) is 0 Å². The van der Waals surface area contributed by atoms with Gasteiger partial charge in [0.1, 0.15) is 0 Å². The van der Waals surface area contributed by atoms with Crippen LogP contribution in [0.5, 0.6) is 0 Å². The van der Waals surface area contributed by atoms with Crippen LogP contribution in [0.3, 0.4) is 0 Å². The van der Waals surface area contributed by atoms with Crippen molar-refractivity contribution < 1.29 is 4.79 Å². The second-order valence-corrected chi connectivity index (χ2v) is 4.66. The maximum Gasteiger partial charge on any atom is 0.152 e. The van der Waals surface area contributed by atoms with Gasteiger partial charge in [0.2, 0.25) is 0 Å². The fourth-order valence-electron chi connectivity index (χ4n) is 1.88. The van der Waals surface area contributed by atoms with Gasteiger partial charge < -0.3 is 4.90 Å². The summed E-state index contributed by atoms with van der Waals surface area (Å²) in [5.41, 5.74) is 3.64. The Morgan fingerprint density at radius 1 is 1.17 bits per heavy atom. The molecule has 0 bridgehead atoms. The maximum absolute atomic E-state index is 11.1. The van der Waals surface area contributed by atoms with Gasteiger partial charge in [0.15, 0.2) is 6.29 Å². The third kappa shape index (κ3) is 2.54. The van der Waals surface area contributed by atoms with Gasteiger partial charge in [-0.2, -0.15) is 0 Å². The average Bonchev–Trinajstić information content (AvgIpc) is 2.38. The monoisotopic (exact) mass is 259 g/mol. The summed E-state index contributed by atoms with van der Waals surface area (Å²) in [6.45, 7) is 2.04. The number of benzene rings is 2. The lowest BCUT2D eigenvalue weighted by Gasteiger charge is -2.21. The summed E-state index contributed by atoms with van der Waals surface area (Å²) in [5, 5.41) is 0.620. The van der Waals surface area contributed by atoms with Gasteiger partial charge in [-0.3, -0.25) is 4.79 Å². The Morgan fingerprint density at radius 3 is 2.61 bits per heavy atom. The van der Waals surface area contributed by atoms with E-state index in [1.165, 1.54) is 5.56 Å². The van der Waals surface area contributed by atoms with Crippen molar-refractivity contribution >= 4 is 29.3 Å². The van der Waals surface area contributed by atoms with Gasteiger partial charge in [0.25, 0.3) is 0 Å². The molecule has 3 heteroatoms. The van der Waals surface area contributed by atoms with Crippen LogP contribution >= 0.6 is 11.6 Å². The topological polar surface area (TPSA) is 20.3 Å². The largest absolute Gasteiger partial charge is 0.344 e. The molecule has 18 heavy (non-hydrogen) atoms. The normalized spacial score (nSPS) is 10.2. The third-order valence-corrected chi connectivity index (χ3v) is 3.10. The minimum atomic E-state index is 0.620. The zero-order valence-electron chi connectivity index (χ0n) is 10.4. The van der Waals surface area contributed by atoms with Gasteiger partial charge in [-0.25, -0.2) is 0 Å². The van der Waals surface area contributed by atoms with Crippen LogP contribution in [0.2, 0.25) is 5.02 Å². The molecule has 0 aliphatic heterocycles. The molecule has 2 nitrogen and oxygen atoms in total. The van der Waals surface area contributed by atoms with Crippen LogP contribution in [0.4, 0.5) is 11.4 Å². The molecule has 0 N–H and O–H groups in total. The Labute approximate surface area is 112 Å². The highest BCUT2D eigenvalue weighted by Crippen LogP contribution is 2.29. The van der Waals surface area contributed by atoms with E-state index in [9.17, 15) is 4.79 Å². The summed E-state index contributed by atoms with van der Waals surface area (Å²) in [7, 11) is 1.92. The summed E-state index contributed by atoms with van der Waals surface area (Å²) in [6.07, 6.45) is 0.845. The Morgan fingerprint density at radius 2 is 1.94 bits per heavy atom. The molecule has 0 amide bonds. The SMILES string of the molecule is Cc1cccc(N(C)c2cc(Cl)ccc2C=O)c1. The van der Waals surface area contributed by atoms with Gasteiger partial charge >= 0.3 is 0 Å². The van der Waals surface area contributed by atoms with Crippen molar-refractivity contribution in [3.8, 4) is 0 Å². The fourth-order valence-corrected chi connectivity index (χ4v) is 2.05. The van der Waals surface area contributed by atoms with E-state index in [4.69, 9.17) is 11.6 Å². The Hall–Kier alpha value is -1.80. The molecule has 0 atom stereocenters. The van der Waals surface area contributed by atoms with Gasteiger partial charge in [0.05, 0.1) is 5.69 Å². The van der Waals surface area contributed by atoms with Crippen molar-refractivity contribution in [3.63, 3.8) is 0 Å². The van der Waals surface area contributed by atoms with Crippen molar-refractivity contribution in [1.82, 2.24) is 0 Å². The summed E-state index contributed by atoms with van der Waals surface area (Å²) >= 11 is 5.99. The number of rotatable bonds is 3. The van der Waals surface area contributed by atoms with E-state index in [0.717, 1.165) is 17.7 Å². The van der Waals surface area contributed by atoms with E-state index in [0.29, 0.717) is 10.6 Å². The smallest absolute Gasteiger partial charge is 0.152 e. The van der Waals surface area contributed by atoms with Crippen molar-refractivity contribution in [1.29, 1.82) is 0 Å². The van der Waals surface area contributed by atoms with Crippen molar-refractivity contribution in [2.24, 2.45) is 0 Å². The minimum Gasteiger partial charge on any atom is -0.344 e. The minimum absolute atomic E-state index is 0.620. The summed E-state index contributed by atoms with van der Waals surface area (Å²) in [6, 6.07) is 13.4. The molecule has 0 heterocycles. The predicted octanol–water partition coefficient (Wildman–Crippen LogP) is 4.23. The zero-order valence-corrected chi connectivity index (χ0v) is 11.1.